The molecule has 0 radical (unpaired) electrons. The summed E-state index contributed by atoms with van der Waals surface area (Å²) in [4.78, 5) is 10.8. The average molecular weight is 280 g/mol. The maximum Gasteiger partial charge on any atom is 0.491 e. The molecule has 110 valence electrons. The van der Waals surface area contributed by atoms with E-state index in [1.165, 1.54) is 13.2 Å². The number of carbonyl (C=O) groups excluding carboxylic acids is 1. The molecular weight excluding hydrogens is 259 g/mol. The van der Waals surface area contributed by atoms with E-state index in [1.54, 1.807) is 39.8 Å². The van der Waals surface area contributed by atoms with Crippen molar-refractivity contribution in [1.29, 1.82) is 0 Å². The molecule has 6 heteroatoms. The molecule has 0 aliphatic carbocycles. The van der Waals surface area contributed by atoms with E-state index in [0.717, 1.165) is 0 Å². The van der Waals surface area contributed by atoms with Gasteiger partial charge in [0.05, 0.1) is 23.9 Å². The first kappa shape index (κ1) is 16.7. The van der Waals surface area contributed by atoms with Gasteiger partial charge < -0.3 is 19.5 Å². The van der Waals surface area contributed by atoms with Gasteiger partial charge in [0.25, 0.3) is 0 Å². The number of hydrogen-bond acceptors (Lipinski definition) is 5. The minimum absolute atomic E-state index is 0.362. The van der Waals surface area contributed by atoms with E-state index < -0.39 is 18.3 Å². The maximum atomic E-state index is 10.8. The van der Waals surface area contributed by atoms with Crippen molar-refractivity contribution in [3.05, 3.63) is 23.8 Å². The van der Waals surface area contributed by atoms with Gasteiger partial charge in [-0.1, -0.05) is 6.07 Å². The topological polar surface area (TPSA) is 76.0 Å². The summed E-state index contributed by atoms with van der Waals surface area (Å²) >= 11 is 0. The summed E-state index contributed by atoms with van der Waals surface area (Å²) in [6.45, 7) is 6.59. The van der Waals surface area contributed by atoms with Gasteiger partial charge in [-0.2, -0.15) is 0 Å². The molecule has 2 N–H and O–H groups in total. The molecule has 0 unspecified atom stereocenters. The van der Waals surface area contributed by atoms with Crippen molar-refractivity contribution in [1.82, 2.24) is 0 Å². The molecule has 1 rings (SSSR count). The van der Waals surface area contributed by atoms with Gasteiger partial charge >= 0.3 is 7.12 Å². The Labute approximate surface area is 119 Å². The van der Waals surface area contributed by atoms with E-state index in [9.17, 15) is 14.9 Å². The summed E-state index contributed by atoms with van der Waals surface area (Å²) in [5.74, 6) is 0.362. The lowest BCUT2D eigenvalue weighted by molar-refractivity contribution is -0.0982. The third kappa shape index (κ3) is 3.59. The van der Waals surface area contributed by atoms with Crippen LogP contribution < -0.4 is 10.2 Å². The monoisotopic (exact) mass is 280 g/mol. The van der Waals surface area contributed by atoms with Crippen LogP contribution in [0.4, 0.5) is 0 Å². The molecule has 0 aliphatic heterocycles. The zero-order valence-electron chi connectivity index (χ0n) is 12.5. The summed E-state index contributed by atoms with van der Waals surface area (Å²) in [6, 6.07) is 4.66. The highest BCUT2D eigenvalue weighted by Gasteiger charge is 2.39. The average Bonchev–Trinajstić information content (AvgIpc) is 2.35. The van der Waals surface area contributed by atoms with Crippen LogP contribution >= 0.6 is 0 Å². The molecule has 0 aromatic heterocycles. The van der Waals surface area contributed by atoms with Crippen LogP contribution in [0.25, 0.3) is 0 Å². The van der Waals surface area contributed by atoms with Crippen LogP contribution in [0.2, 0.25) is 0 Å². The predicted octanol–water partition coefficient (Wildman–Crippen LogP) is 0.761. The molecule has 0 aliphatic rings. The molecule has 1 aromatic carbocycles. The molecule has 0 saturated carbocycles. The molecule has 0 fully saturated rings. The molecular formula is C14H21BO5. The predicted molar refractivity (Wildman–Crippen MR) is 77.5 cm³/mol. The lowest BCUT2D eigenvalue weighted by Gasteiger charge is -2.38. The number of aliphatic hydroxyl groups is 1. The van der Waals surface area contributed by atoms with Gasteiger partial charge in [0, 0.05) is 0 Å². The van der Waals surface area contributed by atoms with Crippen LogP contribution in [0, 0.1) is 0 Å². The molecule has 0 saturated heterocycles. The number of rotatable bonds is 6. The van der Waals surface area contributed by atoms with E-state index in [1.807, 2.05) is 0 Å². The first-order chi connectivity index (χ1) is 9.12. The summed E-state index contributed by atoms with van der Waals surface area (Å²) in [7, 11) is 0.214. The SMILES string of the molecule is COc1cc(B(O)OC(C)(C)C(C)(C)O)ccc1C=O. The van der Waals surface area contributed by atoms with Crippen LogP contribution in [0.1, 0.15) is 38.1 Å². The normalized spacial score (nSPS) is 12.2. The van der Waals surface area contributed by atoms with Crippen molar-refractivity contribution >= 4 is 18.9 Å². The summed E-state index contributed by atoms with van der Waals surface area (Å²) in [5.41, 5.74) is -1.24. The Hall–Kier alpha value is -1.37. The minimum atomic E-state index is -1.23. The molecule has 20 heavy (non-hydrogen) atoms. The molecule has 0 amide bonds. The standard InChI is InChI=1S/C14H21BO5/c1-13(2,17)14(3,4)20-15(18)11-7-6-10(9-16)12(8-11)19-5/h6-9,17-18H,1-5H3. The minimum Gasteiger partial charge on any atom is -0.496 e. The van der Waals surface area contributed by atoms with Crippen LogP contribution in [0.5, 0.6) is 5.75 Å². The number of carbonyl (C=O) groups is 1. The zero-order chi connectivity index (χ0) is 15.6. The highest BCUT2D eigenvalue weighted by atomic mass is 16.5. The Balaban J connectivity index is 2.99. The van der Waals surface area contributed by atoms with Crippen molar-refractivity contribution < 1.29 is 24.3 Å². The van der Waals surface area contributed by atoms with Gasteiger partial charge in [-0.3, -0.25) is 4.79 Å². The Morgan fingerprint density at radius 1 is 1.25 bits per heavy atom. The summed E-state index contributed by atoms with van der Waals surface area (Å²) in [5, 5.41) is 20.1. The van der Waals surface area contributed by atoms with Gasteiger partial charge in [-0.25, -0.2) is 0 Å². The molecule has 1 aromatic rings. The first-order valence-electron chi connectivity index (χ1n) is 6.34. The van der Waals surface area contributed by atoms with E-state index >= 15 is 0 Å². The van der Waals surface area contributed by atoms with Gasteiger partial charge in [0.1, 0.15) is 5.75 Å². The molecule has 5 nitrogen and oxygen atoms in total. The summed E-state index contributed by atoms with van der Waals surface area (Å²) in [6.07, 6.45) is 0.677. The quantitative estimate of drug-likeness (QED) is 0.594. The van der Waals surface area contributed by atoms with Gasteiger partial charge in [-0.15, -0.1) is 0 Å². The lowest BCUT2D eigenvalue weighted by atomic mass is 9.76. The van der Waals surface area contributed by atoms with Crippen molar-refractivity contribution in [2.45, 2.75) is 38.9 Å². The zero-order valence-corrected chi connectivity index (χ0v) is 12.5. The fourth-order valence-electron chi connectivity index (χ4n) is 1.47. The number of hydrogen-bond donors (Lipinski definition) is 2. The first-order valence-corrected chi connectivity index (χ1v) is 6.34. The maximum absolute atomic E-state index is 10.8. The highest BCUT2D eigenvalue weighted by Crippen LogP contribution is 2.25. The van der Waals surface area contributed by atoms with Crippen molar-refractivity contribution in [3.8, 4) is 5.75 Å². The fourth-order valence-corrected chi connectivity index (χ4v) is 1.47. The number of ether oxygens (including phenoxy) is 1. The molecule has 0 atom stereocenters. The molecule has 0 heterocycles. The van der Waals surface area contributed by atoms with Gasteiger partial charge in [0.15, 0.2) is 6.29 Å². The van der Waals surface area contributed by atoms with E-state index in [0.29, 0.717) is 23.1 Å². The van der Waals surface area contributed by atoms with Crippen LogP contribution in [-0.2, 0) is 4.65 Å². The molecule has 0 bridgehead atoms. The smallest absolute Gasteiger partial charge is 0.491 e. The second-order valence-corrected chi connectivity index (χ2v) is 5.66. The summed E-state index contributed by atoms with van der Waals surface area (Å²) < 4.78 is 10.6. The van der Waals surface area contributed by atoms with E-state index in [4.69, 9.17) is 9.39 Å². The van der Waals surface area contributed by atoms with E-state index in [2.05, 4.69) is 0 Å². The number of aldehydes is 1. The lowest BCUT2D eigenvalue weighted by Crippen LogP contribution is -2.53. The van der Waals surface area contributed by atoms with E-state index in [-0.39, 0.29) is 0 Å². The highest BCUT2D eigenvalue weighted by molar-refractivity contribution is 6.60. The second-order valence-electron chi connectivity index (χ2n) is 5.66. The van der Waals surface area contributed by atoms with Gasteiger partial charge in [-0.05, 0) is 45.3 Å². The Morgan fingerprint density at radius 3 is 2.30 bits per heavy atom. The Kier molecular flexibility index (Phi) is 4.97. The second kappa shape index (κ2) is 5.95. The van der Waals surface area contributed by atoms with Crippen molar-refractivity contribution in [2.24, 2.45) is 0 Å². The Morgan fingerprint density at radius 2 is 1.85 bits per heavy atom. The third-order valence-electron chi connectivity index (χ3n) is 3.55. The van der Waals surface area contributed by atoms with Crippen molar-refractivity contribution in [2.75, 3.05) is 7.11 Å². The van der Waals surface area contributed by atoms with Crippen LogP contribution in [-0.4, -0.2) is 41.8 Å². The largest absolute Gasteiger partial charge is 0.496 e. The Bertz CT molecular complexity index is 479. The fraction of sp³-hybridized carbons (Fsp3) is 0.500. The molecule has 0 spiro atoms. The van der Waals surface area contributed by atoms with Crippen LogP contribution in [0.3, 0.4) is 0 Å². The number of benzene rings is 1. The number of methoxy groups -OCH3 is 1. The van der Waals surface area contributed by atoms with Crippen molar-refractivity contribution in [3.63, 3.8) is 0 Å². The van der Waals surface area contributed by atoms with Crippen LogP contribution in [0.15, 0.2) is 18.2 Å². The van der Waals surface area contributed by atoms with Gasteiger partial charge in [0.2, 0.25) is 0 Å². The third-order valence-corrected chi connectivity index (χ3v) is 3.55.